The molecular formula is C17H20BrNO. The first-order chi connectivity index (χ1) is 9.59. The van der Waals surface area contributed by atoms with E-state index >= 15 is 0 Å². The molecule has 0 spiro atoms. The topological polar surface area (TPSA) is 32.3 Å². The minimum absolute atomic E-state index is 0.0495. The molecular weight excluding hydrogens is 314 g/mol. The van der Waals surface area contributed by atoms with Gasteiger partial charge in [0.25, 0.3) is 0 Å². The first kappa shape index (κ1) is 15.1. The average molecular weight is 334 g/mol. The number of anilines is 1. The highest BCUT2D eigenvalue weighted by atomic mass is 79.9. The van der Waals surface area contributed by atoms with Crippen LogP contribution in [0.1, 0.15) is 24.5 Å². The summed E-state index contributed by atoms with van der Waals surface area (Å²) in [6.07, 6.45) is 0.799. The lowest BCUT2D eigenvalue weighted by Gasteiger charge is -2.34. The minimum Gasteiger partial charge on any atom is -0.394 e. The van der Waals surface area contributed by atoms with Gasteiger partial charge in [-0.3, -0.25) is 0 Å². The summed E-state index contributed by atoms with van der Waals surface area (Å²) in [7, 11) is 0. The molecule has 0 aliphatic heterocycles. The zero-order chi connectivity index (χ0) is 14.6. The fourth-order valence-electron chi connectivity index (χ4n) is 2.39. The number of benzene rings is 2. The van der Waals surface area contributed by atoms with Crippen LogP contribution in [0.3, 0.4) is 0 Å². The van der Waals surface area contributed by atoms with Gasteiger partial charge >= 0.3 is 0 Å². The van der Waals surface area contributed by atoms with E-state index in [0.717, 1.165) is 22.1 Å². The van der Waals surface area contributed by atoms with Gasteiger partial charge in [-0.25, -0.2) is 0 Å². The standard InChI is InChI=1S/C17H20BrNO/c1-3-17(12-20,14-7-5-8-15(18)11-14)19-16-9-4-6-13(2)10-16/h4-11,19-20H,3,12H2,1-2H3. The number of nitrogens with one attached hydrogen (secondary N) is 1. The summed E-state index contributed by atoms with van der Waals surface area (Å²) in [5.41, 5.74) is 2.85. The van der Waals surface area contributed by atoms with Gasteiger partial charge in [0, 0.05) is 10.2 Å². The molecule has 0 amide bonds. The molecule has 0 aliphatic rings. The van der Waals surface area contributed by atoms with Crippen molar-refractivity contribution in [3.8, 4) is 0 Å². The Morgan fingerprint density at radius 1 is 1.15 bits per heavy atom. The molecule has 0 aromatic heterocycles. The lowest BCUT2D eigenvalue weighted by molar-refractivity contribution is 0.207. The second kappa shape index (κ2) is 6.42. The number of hydrogen-bond acceptors (Lipinski definition) is 2. The highest BCUT2D eigenvalue weighted by molar-refractivity contribution is 9.10. The maximum Gasteiger partial charge on any atom is 0.0854 e. The van der Waals surface area contributed by atoms with Crippen LogP contribution in [0.2, 0.25) is 0 Å². The Labute approximate surface area is 129 Å². The maximum atomic E-state index is 9.97. The van der Waals surface area contributed by atoms with E-state index < -0.39 is 5.54 Å². The molecule has 3 heteroatoms. The van der Waals surface area contributed by atoms with E-state index in [1.807, 2.05) is 30.3 Å². The van der Waals surface area contributed by atoms with Crippen LogP contribution < -0.4 is 5.32 Å². The Morgan fingerprint density at radius 3 is 2.50 bits per heavy atom. The summed E-state index contributed by atoms with van der Waals surface area (Å²) in [6.45, 7) is 4.20. The van der Waals surface area contributed by atoms with Gasteiger partial charge < -0.3 is 10.4 Å². The van der Waals surface area contributed by atoms with Gasteiger partial charge in [-0.1, -0.05) is 47.1 Å². The molecule has 0 heterocycles. The third-order valence-corrected chi connectivity index (χ3v) is 4.15. The molecule has 106 valence electrons. The van der Waals surface area contributed by atoms with E-state index in [4.69, 9.17) is 0 Å². The normalized spacial score (nSPS) is 13.8. The number of hydrogen-bond donors (Lipinski definition) is 2. The van der Waals surface area contributed by atoms with Crippen LogP contribution in [-0.4, -0.2) is 11.7 Å². The van der Waals surface area contributed by atoms with E-state index in [-0.39, 0.29) is 6.61 Å². The molecule has 20 heavy (non-hydrogen) atoms. The fourth-order valence-corrected chi connectivity index (χ4v) is 2.79. The predicted molar refractivity (Wildman–Crippen MR) is 88.0 cm³/mol. The van der Waals surface area contributed by atoms with Crippen molar-refractivity contribution in [1.29, 1.82) is 0 Å². The molecule has 0 radical (unpaired) electrons. The molecule has 0 saturated carbocycles. The van der Waals surface area contributed by atoms with Gasteiger partial charge in [-0.15, -0.1) is 0 Å². The van der Waals surface area contributed by atoms with E-state index in [1.165, 1.54) is 5.56 Å². The zero-order valence-corrected chi connectivity index (χ0v) is 13.4. The van der Waals surface area contributed by atoms with E-state index in [1.54, 1.807) is 0 Å². The van der Waals surface area contributed by atoms with Crippen molar-refractivity contribution in [1.82, 2.24) is 0 Å². The minimum atomic E-state index is -0.461. The van der Waals surface area contributed by atoms with Crippen molar-refractivity contribution in [2.24, 2.45) is 0 Å². The van der Waals surface area contributed by atoms with Gasteiger partial charge in [0.15, 0.2) is 0 Å². The molecule has 0 saturated heterocycles. The predicted octanol–water partition coefficient (Wildman–Crippen LogP) is 4.47. The molecule has 0 fully saturated rings. The van der Waals surface area contributed by atoms with Crippen LogP contribution in [0.15, 0.2) is 53.0 Å². The Balaban J connectivity index is 2.39. The fraction of sp³-hybridized carbons (Fsp3) is 0.294. The third-order valence-electron chi connectivity index (χ3n) is 3.65. The van der Waals surface area contributed by atoms with Crippen LogP contribution in [0.4, 0.5) is 5.69 Å². The molecule has 1 unspecified atom stereocenters. The molecule has 2 nitrogen and oxygen atoms in total. The van der Waals surface area contributed by atoms with Gasteiger partial charge in [0.05, 0.1) is 12.1 Å². The van der Waals surface area contributed by atoms with Crippen LogP contribution in [0.5, 0.6) is 0 Å². The molecule has 1 atom stereocenters. The van der Waals surface area contributed by atoms with E-state index in [9.17, 15) is 5.11 Å². The van der Waals surface area contributed by atoms with Gasteiger partial charge in [-0.2, -0.15) is 0 Å². The Kier molecular flexibility index (Phi) is 4.84. The third kappa shape index (κ3) is 3.22. The monoisotopic (exact) mass is 333 g/mol. The van der Waals surface area contributed by atoms with Crippen molar-refractivity contribution < 1.29 is 5.11 Å². The first-order valence-electron chi connectivity index (χ1n) is 6.81. The molecule has 2 rings (SSSR count). The molecule has 2 aromatic carbocycles. The summed E-state index contributed by atoms with van der Waals surface area (Å²) >= 11 is 3.50. The quantitative estimate of drug-likeness (QED) is 0.846. The molecule has 0 bridgehead atoms. The number of halogens is 1. The highest BCUT2D eigenvalue weighted by Gasteiger charge is 2.29. The van der Waals surface area contributed by atoms with Crippen molar-refractivity contribution in [3.63, 3.8) is 0 Å². The summed E-state index contributed by atoms with van der Waals surface area (Å²) in [5, 5.41) is 13.5. The van der Waals surface area contributed by atoms with E-state index in [2.05, 4.69) is 53.3 Å². The summed E-state index contributed by atoms with van der Waals surface area (Å²) < 4.78 is 1.02. The summed E-state index contributed by atoms with van der Waals surface area (Å²) in [5.74, 6) is 0. The van der Waals surface area contributed by atoms with Crippen molar-refractivity contribution >= 4 is 21.6 Å². The SMILES string of the molecule is CCC(CO)(Nc1cccc(C)c1)c1cccc(Br)c1. The van der Waals surface area contributed by atoms with Crippen molar-refractivity contribution in [3.05, 3.63) is 64.1 Å². The van der Waals surface area contributed by atoms with Crippen molar-refractivity contribution in [2.75, 3.05) is 11.9 Å². The van der Waals surface area contributed by atoms with Crippen LogP contribution >= 0.6 is 15.9 Å². The maximum absolute atomic E-state index is 9.97. The van der Waals surface area contributed by atoms with Gasteiger partial charge in [0.1, 0.15) is 0 Å². The second-order valence-electron chi connectivity index (χ2n) is 5.10. The van der Waals surface area contributed by atoms with Gasteiger partial charge in [0.2, 0.25) is 0 Å². The smallest absolute Gasteiger partial charge is 0.0854 e. The Hall–Kier alpha value is -1.32. The summed E-state index contributed by atoms with van der Waals surface area (Å²) in [6, 6.07) is 16.3. The van der Waals surface area contributed by atoms with E-state index in [0.29, 0.717) is 0 Å². The number of aryl methyl sites for hydroxylation is 1. The van der Waals surface area contributed by atoms with Crippen LogP contribution in [-0.2, 0) is 5.54 Å². The lowest BCUT2D eigenvalue weighted by Crippen LogP contribution is -2.38. The molecule has 2 N–H and O–H groups in total. The van der Waals surface area contributed by atoms with Crippen LogP contribution in [0.25, 0.3) is 0 Å². The molecule has 0 aliphatic carbocycles. The number of aliphatic hydroxyl groups is 1. The average Bonchev–Trinajstić information content (AvgIpc) is 2.45. The Bertz CT molecular complexity index is 579. The first-order valence-corrected chi connectivity index (χ1v) is 7.61. The Morgan fingerprint density at radius 2 is 1.90 bits per heavy atom. The molecule has 2 aromatic rings. The highest BCUT2D eigenvalue weighted by Crippen LogP contribution is 2.31. The van der Waals surface area contributed by atoms with Gasteiger partial charge in [-0.05, 0) is 48.7 Å². The lowest BCUT2D eigenvalue weighted by atomic mass is 9.87. The van der Waals surface area contributed by atoms with Crippen molar-refractivity contribution in [2.45, 2.75) is 25.8 Å². The second-order valence-corrected chi connectivity index (χ2v) is 6.01. The largest absolute Gasteiger partial charge is 0.394 e. The zero-order valence-electron chi connectivity index (χ0n) is 11.9. The number of rotatable bonds is 5. The summed E-state index contributed by atoms with van der Waals surface area (Å²) in [4.78, 5) is 0. The number of aliphatic hydroxyl groups excluding tert-OH is 1. The van der Waals surface area contributed by atoms with Crippen LogP contribution in [0, 0.1) is 6.92 Å².